The van der Waals surface area contributed by atoms with Gasteiger partial charge in [0, 0.05) is 19.7 Å². The van der Waals surface area contributed by atoms with Gasteiger partial charge in [0.15, 0.2) is 11.5 Å². The van der Waals surface area contributed by atoms with Gasteiger partial charge in [-0.1, -0.05) is 35.5 Å². The van der Waals surface area contributed by atoms with E-state index < -0.39 is 6.04 Å². The van der Waals surface area contributed by atoms with Crippen molar-refractivity contribution in [3.63, 3.8) is 0 Å². The lowest BCUT2D eigenvalue weighted by atomic mass is 10.0. The van der Waals surface area contributed by atoms with Gasteiger partial charge in [-0.3, -0.25) is 9.59 Å². The predicted octanol–water partition coefficient (Wildman–Crippen LogP) is 3.23. The van der Waals surface area contributed by atoms with Crippen molar-refractivity contribution in [2.24, 2.45) is 0 Å². The lowest BCUT2D eigenvalue weighted by Crippen LogP contribution is -2.46. The van der Waals surface area contributed by atoms with Crippen molar-refractivity contribution < 1.29 is 28.5 Å². The number of ether oxygens (including phenoxy) is 4. The number of fused-ring (bicyclic) bond motifs is 2. The summed E-state index contributed by atoms with van der Waals surface area (Å²) >= 11 is 0. The maximum absolute atomic E-state index is 14.1. The third-order valence-electron chi connectivity index (χ3n) is 7.34. The summed E-state index contributed by atoms with van der Waals surface area (Å²) in [6.07, 6.45) is 1.80. The Hall–Kier alpha value is -4.64. The summed E-state index contributed by atoms with van der Waals surface area (Å²) in [5.74, 6) is 1.28. The number of amides is 2. The fourth-order valence-corrected chi connectivity index (χ4v) is 5.19. The standard InChI is InChI=1S/C30H31N5O6/c1-38-22-11-9-21(10-12-22)29(30(37)31-16-23-5-4-14-39-23)34(17-20-8-13-26-27(15-20)41-19-40-26)28(36)18-35-25-7-3-2-6-24(25)32-33-35/h2-3,6-13,15,23,29H,4-5,14,16-19H2,1H3,(H,31,37)/t23-,29+/m0/s1. The second-order valence-electron chi connectivity index (χ2n) is 10.0. The van der Waals surface area contributed by atoms with Gasteiger partial charge in [0.2, 0.25) is 18.6 Å². The van der Waals surface area contributed by atoms with Crippen LogP contribution in [-0.2, 0) is 27.4 Å². The lowest BCUT2D eigenvalue weighted by molar-refractivity contribution is -0.142. The number of benzene rings is 3. The fourth-order valence-electron chi connectivity index (χ4n) is 5.19. The highest BCUT2D eigenvalue weighted by Crippen LogP contribution is 2.34. The Kier molecular flexibility index (Phi) is 7.68. The molecule has 1 N–H and O–H groups in total. The lowest BCUT2D eigenvalue weighted by Gasteiger charge is -2.32. The second-order valence-corrected chi connectivity index (χ2v) is 10.0. The van der Waals surface area contributed by atoms with Crippen LogP contribution in [0.4, 0.5) is 0 Å². The van der Waals surface area contributed by atoms with Gasteiger partial charge in [-0.15, -0.1) is 5.10 Å². The summed E-state index contributed by atoms with van der Waals surface area (Å²) < 4.78 is 23.7. The van der Waals surface area contributed by atoms with Crippen molar-refractivity contribution in [2.45, 2.75) is 38.1 Å². The smallest absolute Gasteiger partial charge is 0.247 e. The van der Waals surface area contributed by atoms with E-state index in [1.807, 2.05) is 42.5 Å². The number of carbonyl (C=O) groups excluding carboxylic acids is 2. The maximum Gasteiger partial charge on any atom is 0.247 e. The topological polar surface area (TPSA) is 117 Å². The van der Waals surface area contributed by atoms with Gasteiger partial charge in [0.05, 0.1) is 18.7 Å². The monoisotopic (exact) mass is 557 g/mol. The number of para-hydroxylation sites is 1. The van der Waals surface area contributed by atoms with Crippen molar-refractivity contribution >= 4 is 22.8 Å². The molecule has 6 rings (SSSR count). The van der Waals surface area contributed by atoms with E-state index in [-0.39, 0.29) is 37.8 Å². The van der Waals surface area contributed by atoms with E-state index in [1.54, 1.807) is 41.0 Å². The first kappa shape index (κ1) is 26.6. The number of aromatic nitrogens is 3. The number of hydrogen-bond acceptors (Lipinski definition) is 8. The van der Waals surface area contributed by atoms with Crippen LogP contribution in [-0.4, -0.2) is 64.9 Å². The van der Waals surface area contributed by atoms with E-state index in [4.69, 9.17) is 18.9 Å². The third-order valence-corrected chi connectivity index (χ3v) is 7.34. The van der Waals surface area contributed by atoms with Gasteiger partial charge in [-0.2, -0.15) is 0 Å². The van der Waals surface area contributed by atoms with Gasteiger partial charge in [-0.05, 0) is 60.4 Å². The summed E-state index contributed by atoms with van der Waals surface area (Å²) in [7, 11) is 1.58. The number of nitrogens with one attached hydrogen (secondary N) is 1. The van der Waals surface area contributed by atoms with Crippen LogP contribution in [0.1, 0.15) is 30.0 Å². The molecule has 212 valence electrons. The molecule has 2 amide bonds. The quantitative estimate of drug-likeness (QED) is 0.316. The zero-order valence-electron chi connectivity index (χ0n) is 22.7. The molecule has 4 aromatic rings. The minimum absolute atomic E-state index is 0.0463. The van der Waals surface area contributed by atoms with Crippen LogP contribution in [0.5, 0.6) is 17.2 Å². The fraction of sp³-hybridized carbons (Fsp3) is 0.333. The van der Waals surface area contributed by atoms with Gasteiger partial charge in [0.1, 0.15) is 23.9 Å². The Morgan fingerprint density at radius 3 is 2.73 bits per heavy atom. The van der Waals surface area contributed by atoms with Gasteiger partial charge < -0.3 is 29.2 Å². The third kappa shape index (κ3) is 5.80. The van der Waals surface area contributed by atoms with E-state index >= 15 is 0 Å². The van der Waals surface area contributed by atoms with Crippen LogP contribution in [0.15, 0.2) is 66.7 Å². The highest BCUT2D eigenvalue weighted by Gasteiger charge is 2.33. The number of nitrogens with zero attached hydrogens (tertiary/aromatic N) is 4. The first-order chi connectivity index (χ1) is 20.1. The van der Waals surface area contributed by atoms with Gasteiger partial charge in [0.25, 0.3) is 0 Å². The molecule has 1 saturated heterocycles. The largest absolute Gasteiger partial charge is 0.497 e. The average Bonchev–Trinajstić information content (AvgIpc) is 3.78. The first-order valence-electron chi connectivity index (χ1n) is 13.6. The highest BCUT2D eigenvalue weighted by molar-refractivity contribution is 5.89. The van der Waals surface area contributed by atoms with Crippen molar-refractivity contribution in [3.05, 3.63) is 77.9 Å². The molecule has 11 nitrogen and oxygen atoms in total. The molecular formula is C30H31N5O6. The van der Waals surface area contributed by atoms with E-state index in [1.165, 1.54) is 0 Å². The summed E-state index contributed by atoms with van der Waals surface area (Å²) in [6, 6.07) is 19.2. The molecule has 0 unspecified atom stereocenters. The summed E-state index contributed by atoms with van der Waals surface area (Å²) in [5, 5.41) is 11.4. The minimum Gasteiger partial charge on any atom is -0.497 e. The molecule has 0 aliphatic carbocycles. The Morgan fingerprint density at radius 1 is 1.10 bits per heavy atom. The van der Waals surface area contributed by atoms with E-state index in [0.717, 1.165) is 23.9 Å². The summed E-state index contributed by atoms with van der Waals surface area (Å²) in [6.45, 7) is 1.23. The molecule has 0 bridgehead atoms. The molecule has 2 aliphatic rings. The molecule has 11 heteroatoms. The molecule has 0 saturated carbocycles. The molecule has 1 fully saturated rings. The molecular weight excluding hydrogens is 526 g/mol. The number of carbonyl (C=O) groups is 2. The van der Waals surface area contributed by atoms with Crippen LogP contribution >= 0.6 is 0 Å². The van der Waals surface area contributed by atoms with E-state index in [0.29, 0.717) is 41.5 Å². The van der Waals surface area contributed by atoms with E-state index in [2.05, 4.69) is 15.6 Å². The predicted molar refractivity (Wildman–Crippen MR) is 148 cm³/mol. The van der Waals surface area contributed by atoms with E-state index in [9.17, 15) is 9.59 Å². The van der Waals surface area contributed by atoms with Crippen molar-refractivity contribution in [3.8, 4) is 17.2 Å². The molecule has 41 heavy (non-hydrogen) atoms. The molecule has 2 atom stereocenters. The zero-order chi connectivity index (χ0) is 28.2. The number of hydrogen-bond donors (Lipinski definition) is 1. The van der Waals surface area contributed by atoms with Crippen LogP contribution in [0, 0.1) is 0 Å². The maximum atomic E-state index is 14.1. The van der Waals surface area contributed by atoms with Crippen molar-refractivity contribution in [1.29, 1.82) is 0 Å². The zero-order valence-corrected chi connectivity index (χ0v) is 22.7. The Bertz CT molecular complexity index is 1530. The van der Waals surface area contributed by atoms with Crippen molar-refractivity contribution in [1.82, 2.24) is 25.2 Å². The molecule has 0 radical (unpaired) electrons. The van der Waals surface area contributed by atoms with Crippen LogP contribution < -0.4 is 19.5 Å². The molecule has 1 aromatic heterocycles. The van der Waals surface area contributed by atoms with Crippen LogP contribution in [0.25, 0.3) is 11.0 Å². The second kappa shape index (κ2) is 11.8. The minimum atomic E-state index is -0.935. The van der Waals surface area contributed by atoms with Gasteiger partial charge >= 0.3 is 0 Å². The number of methoxy groups -OCH3 is 1. The molecule has 2 aliphatic heterocycles. The Morgan fingerprint density at radius 2 is 1.93 bits per heavy atom. The molecule has 3 heterocycles. The first-order valence-corrected chi connectivity index (χ1v) is 13.6. The van der Waals surface area contributed by atoms with Crippen LogP contribution in [0.3, 0.4) is 0 Å². The SMILES string of the molecule is COc1ccc([C@H](C(=O)NC[C@@H]2CCCO2)N(Cc2ccc3c(c2)OCO3)C(=O)Cn2nnc3ccccc32)cc1. The molecule has 3 aromatic carbocycles. The summed E-state index contributed by atoms with van der Waals surface area (Å²) in [5.41, 5.74) is 2.85. The molecule has 0 spiro atoms. The van der Waals surface area contributed by atoms with Gasteiger partial charge in [-0.25, -0.2) is 4.68 Å². The van der Waals surface area contributed by atoms with Crippen LogP contribution in [0.2, 0.25) is 0 Å². The average molecular weight is 558 g/mol. The highest BCUT2D eigenvalue weighted by atomic mass is 16.7. The normalized spacial score (nSPS) is 16.5. The summed E-state index contributed by atoms with van der Waals surface area (Å²) in [4.78, 5) is 29.6. The Balaban J connectivity index is 1.35. The van der Waals surface area contributed by atoms with Crippen molar-refractivity contribution in [2.75, 3.05) is 27.1 Å². The Labute approximate surface area is 236 Å². The number of rotatable bonds is 10.